The number of carbonyl (C=O) groups is 2. The Kier molecular flexibility index (Phi) is 10.0. The number of carbonyl (C=O) groups excluding carboxylic acids is 1. The number of fused-ring (bicyclic) bond motifs is 7. The molecule has 54 heavy (non-hydrogen) atoms. The van der Waals surface area contributed by atoms with Gasteiger partial charge in [0.15, 0.2) is 9.84 Å². The average Bonchev–Trinajstić information content (AvgIpc) is 3.45. The Morgan fingerprint density at radius 2 is 1.54 bits per heavy atom. The van der Waals surface area contributed by atoms with Crippen LogP contribution in [-0.4, -0.2) is 85.2 Å². The molecule has 0 amide bonds. The largest absolute Gasteiger partial charge is 0.481 e. The molecule has 9 nitrogen and oxygen atoms in total. The number of nitrogens with two attached hydrogens (primary N) is 1. The number of aliphatic carboxylic acids is 1. The van der Waals surface area contributed by atoms with E-state index in [1.54, 1.807) is 0 Å². The van der Waals surface area contributed by atoms with E-state index in [1.165, 1.54) is 37.7 Å². The number of sulfone groups is 1. The lowest BCUT2D eigenvalue weighted by atomic mass is 9.32. The van der Waals surface area contributed by atoms with Crippen molar-refractivity contribution in [2.24, 2.45) is 74.2 Å². The van der Waals surface area contributed by atoms with Gasteiger partial charge in [-0.25, -0.2) is 8.42 Å². The number of nitrogens with one attached hydrogen (secondary N) is 1. The normalized spacial score (nSPS) is 47.1. The van der Waals surface area contributed by atoms with Gasteiger partial charge in [-0.15, -0.1) is 0 Å². The van der Waals surface area contributed by atoms with Crippen LogP contribution in [0.1, 0.15) is 127 Å². The maximum Gasteiger partial charge on any atom is 0.310 e. The van der Waals surface area contributed by atoms with E-state index in [0.717, 1.165) is 38.6 Å². The molecular weight excluding hydrogens is 699 g/mol. The van der Waals surface area contributed by atoms with Crippen LogP contribution in [-0.2, 0) is 24.2 Å². The lowest BCUT2D eigenvalue weighted by molar-refractivity contribution is -0.246. The second-order valence-electron chi connectivity index (χ2n) is 21.7. The second kappa shape index (κ2) is 13.3. The van der Waals surface area contributed by atoms with Crippen LogP contribution >= 0.6 is 0 Å². The molecule has 1 aliphatic heterocycles. The van der Waals surface area contributed by atoms with Crippen LogP contribution in [0.3, 0.4) is 0 Å². The highest BCUT2D eigenvalue weighted by molar-refractivity contribution is 7.91. The zero-order valence-electron chi connectivity index (χ0n) is 35.0. The highest BCUT2D eigenvalue weighted by Gasteiger charge is 2.72. The zero-order valence-corrected chi connectivity index (χ0v) is 35.8. The first-order chi connectivity index (χ1) is 25.0. The SMILES string of the molecule is C=C(C)[C@@H]1CC[C@]2(NCC(C(C)N)N3CCS(=O)(=O)CC3)CC[C@]3(C)[C@H](CC[C@@H]4[C@@]5(C)CC[C@H](OC(=O)[C@@H]6[C@H](C(=O)O)C6(C)C)C(C)(C)[C@@H]5CC[C@]43C)[C@@H]12. The molecule has 14 atom stereocenters. The summed E-state index contributed by atoms with van der Waals surface area (Å²) in [4.78, 5) is 27.7. The van der Waals surface area contributed by atoms with Gasteiger partial charge in [0.1, 0.15) is 6.10 Å². The lowest BCUT2D eigenvalue weighted by Crippen LogP contribution is -2.69. The first-order valence-corrected chi connectivity index (χ1v) is 23.3. The third-order valence-corrected chi connectivity index (χ3v) is 20.3. The molecule has 7 aliphatic rings. The first-order valence-electron chi connectivity index (χ1n) is 21.5. The second-order valence-corrected chi connectivity index (χ2v) is 24.0. The minimum absolute atomic E-state index is 0.0345. The molecule has 0 bridgehead atoms. The summed E-state index contributed by atoms with van der Waals surface area (Å²) in [7, 11) is -2.96. The maximum absolute atomic E-state index is 13.5. The number of rotatable bonds is 9. The van der Waals surface area contributed by atoms with Crippen molar-refractivity contribution in [2.75, 3.05) is 31.1 Å². The van der Waals surface area contributed by atoms with Gasteiger partial charge in [0.05, 0.1) is 23.3 Å². The van der Waals surface area contributed by atoms with E-state index in [9.17, 15) is 23.1 Å². The van der Waals surface area contributed by atoms with E-state index in [1.807, 2.05) is 13.8 Å². The number of esters is 1. The van der Waals surface area contributed by atoms with Crippen LogP contribution in [0, 0.1) is 68.5 Å². The molecule has 2 unspecified atom stereocenters. The van der Waals surface area contributed by atoms with Gasteiger partial charge in [-0.05, 0) is 129 Å². The molecule has 1 saturated heterocycles. The summed E-state index contributed by atoms with van der Waals surface area (Å²) in [6.07, 6.45) is 11.1. The molecule has 6 aliphatic carbocycles. The molecule has 1 heterocycles. The van der Waals surface area contributed by atoms with Crippen molar-refractivity contribution >= 4 is 21.8 Å². The van der Waals surface area contributed by atoms with Gasteiger partial charge in [0.2, 0.25) is 0 Å². The van der Waals surface area contributed by atoms with Crippen LogP contribution in [0.2, 0.25) is 0 Å². The molecule has 4 N–H and O–H groups in total. The van der Waals surface area contributed by atoms with Crippen LogP contribution in [0.4, 0.5) is 0 Å². The fourth-order valence-electron chi connectivity index (χ4n) is 15.4. The number of allylic oxidation sites excluding steroid dienone is 1. The molecule has 0 aromatic carbocycles. The van der Waals surface area contributed by atoms with Crippen molar-refractivity contribution in [3.63, 3.8) is 0 Å². The van der Waals surface area contributed by atoms with E-state index in [0.29, 0.717) is 42.7 Å². The number of hydrogen-bond acceptors (Lipinski definition) is 8. The number of nitrogens with zero attached hydrogens (tertiary/aromatic N) is 1. The van der Waals surface area contributed by atoms with E-state index >= 15 is 0 Å². The summed E-state index contributed by atoms with van der Waals surface area (Å²) in [5, 5.41) is 14.0. The quantitative estimate of drug-likeness (QED) is 0.173. The molecule has 7 rings (SSSR count). The Bertz CT molecular complexity index is 1630. The van der Waals surface area contributed by atoms with Crippen LogP contribution in [0.15, 0.2) is 12.2 Å². The average molecular weight is 772 g/mol. The Hall–Kier alpha value is -1.49. The maximum atomic E-state index is 13.5. The summed E-state index contributed by atoms with van der Waals surface area (Å²) in [6.45, 7) is 27.1. The van der Waals surface area contributed by atoms with E-state index in [-0.39, 0.29) is 62.9 Å². The zero-order chi connectivity index (χ0) is 39.6. The molecule has 306 valence electrons. The first kappa shape index (κ1) is 40.7. The van der Waals surface area contributed by atoms with Crippen molar-refractivity contribution in [1.29, 1.82) is 0 Å². The molecule has 7 fully saturated rings. The number of hydrogen-bond donors (Lipinski definition) is 3. The van der Waals surface area contributed by atoms with Crippen molar-refractivity contribution in [1.82, 2.24) is 10.2 Å². The fourth-order valence-corrected chi connectivity index (χ4v) is 16.6. The predicted octanol–water partition coefficient (Wildman–Crippen LogP) is 6.70. The molecular formula is C44H73N3O6S. The van der Waals surface area contributed by atoms with Crippen LogP contribution in [0.25, 0.3) is 0 Å². The van der Waals surface area contributed by atoms with Crippen molar-refractivity contribution in [2.45, 2.75) is 150 Å². The molecule has 0 spiro atoms. The smallest absolute Gasteiger partial charge is 0.310 e. The summed E-state index contributed by atoms with van der Waals surface area (Å²) in [5.41, 5.74) is 7.76. The van der Waals surface area contributed by atoms with Gasteiger partial charge in [-0.3, -0.25) is 14.5 Å². The molecule has 0 radical (unpaired) electrons. The monoisotopic (exact) mass is 772 g/mol. The number of ether oxygens (including phenoxy) is 1. The fraction of sp³-hybridized carbons (Fsp3) is 0.909. The standard InChI is InChI=1S/C44H73N3O6S/c1-26(2)28-13-18-44(46-25-30(27(3)45)47-21-23-54(51,52)24-22-47)20-19-42(9)29(34(28)44)11-12-32-41(8)16-15-33(39(4,5)31(41)14-17-43(32,42)10)53-38(50)36-35(37(48)49)40(36,6)7/h27-36,46H,1,11-25,45H2,2-10H3,(H,48,49)/t27?,28-,29+,30?,31-,32+,33-,34+,35+,36-,41-,42+,43+,44-/m0/s1. The number of carboxylic acid groups (broad SMARTS) is 1. The minimum Gasteiger partial charge on any atom is -0.481 e. The van der Waals surface area contributed by atoms with E-state index < -0.39 is 33.1 Å². The number of carboxylic acids is 1. The summed E-state index contributed by atoms with van der Waals surface area (Å²) in [5.74, 6) is 0.598. The summed E-state index contributed by atoms with van der Waals surface area (Å²) < 4.78 is 30.9. The highest BCUT2D eigenvalue weighted by Crippen LogP contribution is 2.76. The van der Waals surface area contributed by atoms with E-state index in [4.69, 9.17) is 10.5 Å². The van der Waals surface area contributed by atoms with Gasteiger partial charge in [0.25, 0.3) is 0 Å². The van der Waals surface area contributed by atoms with Gasteiger partial charge >= 0.3 is 11.9 Å². The Morgan fingerprint density at radius 1 is 0.870 bits per heavy atom. The predicted molar refractivity (Wildman–Crippen MR) is 213 cm³/mol. The topological polar surface area (TPSA) is 139 Å². The van der Waals surface area contributed by atoms with E-state index in [2.05, 4.69) is 65.3 Å². The lowest BCUT2D eigenvalue weighted by Gasteiger charge is -2.73. The van der Waals surface area contributed by atoms with Crippen molar-refractivity contribution in [3.8, 4) is 0 Å². The molecule has 6 saturated carbocycles. The Morgan fingerprint density at radius 3 is 2.13 bits per heavy atom. The third-order valence-electron chi connectivity index (χ3n) is 18.7. The van der Waals surface area contributed by atoms with Gasteiger partial charge in [-0.1, -0.05) is 60.6 Å². The molecule has 0 aromatic heterocycles. The highest BCUT2D eigenvalue weighted by atomic mass is 32.2. The molecule has 0 aromatic rings. The summed E-state index contributed by atoms with van der Waals surface area (Å²) in [6, 6.07) is 0.0408. The Labute approximate surface area is 326 Å². The molecule has 10 heteroatoms. The van der Waals surface area contributed by atoms with Crippen molar-refractivity contribution < 1.29 is 27.9 Å². The van der Waals surface area contributed by atoms with Crippen LogP contribution < -0.4 is 11.1 Å². The third kappa shape index (κ3) is 6.01. The summed E-state index contributed by atoms with van der Waals surface area (Å²) >= 11 is 0. The minimum atomic E-state index is -2.96. The van der Waals surface area contributed by atoms with Gasteiger partial charge in [0, 0.05) is 42.7 Å². The Balaban J connectivity index is 1.11. The van der Waals surface area contributed by atoms with Gasteiger partial charge < -0.3 is 20.9 Å². The van der Waals surface area contributed by atoms with Crippen LogP contribution in [0.5, 0.6) is 0 Å². The van der Waals surface area contributed by atoms with Crippen molar-refractivity contribution in [3.05, 3.63) is 12.2 Å². The van der Waals surface area contributed by atoms with Gasteiger partial charge in [-0.2, -0.15) is 0 Å².